The van der Waals surface area contributed by atoms with Gasteiger partial charge < -0.3 is 5.32 Å². The number of hydrogen-bond donors (Lipinski definition) is 1. The zero-order chi connectivity index (χ0) is 11.3. The van der Waals surface area contributed by atoms with Gasteiger partial charge in [0.1, 0.15) is 4.99 Å². The van der Waals surface area contributed by atoms with Crippen molar-refractivity contribution in [3.8, 4) is 0 Å². The van der Waals surface area contributed by atoms with Crippen LogP contribution in [0.3, 0.4) is 0 Å². The molecule has 1 aromatic carbocycles. The van der Waals surface area contributed by atoms with Gasteiger partial charge in [-0.2, -0.15) is 0 Å². The quantitative estimate of drug-likeness (QED) is 0.672. The Morgan fingerprint density at radius 1 is 1.20 bits per heavy atom. The molecule has 1 nitrogen and oxygen atoms in total. The molecule has 0 heterocycles. The number of thiocarbonyl (C=S) groups is 1. The average molecular weight is 283 g/mol. The first kappa shape index (κ1) is 13.0. The van der Waals surface area contributed by atoms with Crippen molar-refractivity contribution in [1.82, 2.24) is 5.32 Å². The minimum absolute atomic E-state index is 0.239. The predicted molar refractivity (Wildman–Crippen MR) is 71.0 cm³/mol. The van der Waals surface area contributed by atoms with Gasteiger partial charge in [-0.05, 0) is 12.0 Å². The van der Waals surface area contributed by atoms with Crippen molar-refractivity contribution >= 4 is 52.0 Å². The first-order chi connectivity index (χ1) is 7.00. The average Bonchev–Trinajstić information content (AvgIpc) is 2.18. The monoisotopic (exact) mass is 281 g/mol. The van der Waals surface area contributed by atoms with Crippen molar-refractivity contribution in [2.45, 2.75) is 10.2 Å². The molecule has 82 valence electrons. The van der Waals surface area contributed by atoms with E-state index in [9.17, 15) is 0 Å². The minimum Gasteiger partial charge on any atom is -0.376 e. The standard InChI is InChI=1S/C10H10Cl3NS/c11-10(12,13)9(15)14-7-6-8-4-2-1-3-5-8/h1-5H,6-7H2,(H,14,15). The van der Waals surface area contributed by atoms with Crippen molar-refractivity contribution in [1.29, 1.82) is 0 Å². The van der Waals surface area contributed by atoms with Crippen LogP contribution in [0.5, 0.6) is 0 Å². The lowest BCUT2D eigenvalue weighted by Crippen LogP contribution is -2.34. The Hall–Kier alpha value is -0.0200. The normalized spacial score (nSPS) is 11.1. The van der Waals surface area contributed by atoms with Gasteiger partial charge in [0.15, 0.2) is 0 Å². The Morgan fingerprint density at radius 3 is 2.33 bits per heavy atom. The van der Waals surface area contributed by atoms with E-state index in [-0.39, 0.29) is 4.99 Å². The summed E-state index contributed by atoms with van der Waals surface area (Å²) in [6.07, 6.45) is 0.849. The highest BCUT2D eigenvalue weighted by Crippen LogP contribution is 2.26. The first-order valence-electron chi connectivity index (χ1n) is 4.39. The number of hydrogen-bond acceptors (Lipinski definition) is 1. The molecule has 0 aliphatic heterocycles. The largest absolute Gasteiger partial charge is 0.376 e. The summed E-state index contributed by atoms with van der Waals surface area (Å²) >= 11 is 21.7. The summed E-state index contributed by atoms with van der Waals surface area (Å²) in [5.41, 5.74) is 1.22. The van der Waals surface area contributed by atoms with Crippen LogP contribution in [-0.2, 0) is 6.42 Å². The van der Waals surface area contributed by atoms with E-state index in [1.807, 2.05) is 30.3 Å². The second-order valence-corrected chi connectivity index (χ2v) is 5.68. The number of alkyl halides is 3. The van der Waals surface area contributed by atoms with E-state index < -0.39 is 3.79 Å². The lowest BCUT2D eigenvalue weighted by atomic mass is 10.1. The molecule has 0 spiro atoms. The summed E-state index contributed by atoms with van der Waals surface area (Å²) < 4.78 is -1.51. The van der Waals surface area contributed by atoms with Gasteiger partial charge in [-0.1, -0.05) is 77.4 Å². The van der Waals surface area contributed by atoms with Gasteiger partial charge in [0, 0.05) is 6.54 Å². The van der Waals surface area contributed by atoms with Gasteiger partial charge in [0.25, 0.3) is 0 Å². The van der Waals surface area contributed by atoms with Crippen LogP contribution in [0, 0.1) is 0 Å². The lowest BCUT2D eigenvalue weighted by Gasteiger charge is -2.14. The zero-order valence-electron chi connectivity index (χ0n) is 7.84. The molecule has 0 aromatic heterocycles. The minimum atomic E-state index is -1.51. The van der Waals surface area contributed by atoms with Crippen LogP contribution in [0.1, 0.15) is 5.56 Å². The zero-order valence-corrected chi connectivity index (χ0v) is 10.9. The maximum Gasteiger partial charge on any atom is 0.240 e. The lowest BCUT2D eigenvalue weighted by molar-refractivity contribution is 0.867. The third-order valence-electron chi connectivity index (χ3n) is 1.80. The van der Waals surface area contributed by atoms with Crippen LogP contribution in [0.4, 0.5) is 0 Å². The highest BCUT2D eigenvalue weighted by Gasteiger charge is 2.25. The van der Waals surface area contributed by atoms with Crippen LogP contribution in [0.25, 0.3) is 0 Å². The van der Waals surface area contributed by atoms with Gasteiger partial charge in [-0.15, -0.1) is 0 Å². The topological polar surface area (TPSA) is 12.0 Å². The van der Waals surface area contributed by atoms with Crippen molar-refractivity contribution in [2.75, 3.05) is 6.54 Å². The Balaban J connectivity index is 2.32. The smallest absolute Gasteiger partial charge is 0.240 e. The molecule has 15 heavy (non-hydrogen) atoms. The van der Waals surface area contributed by atoms with Gasteiger partial charge in [-0.25, -0.2) is 0 Å². The maximum atomic E-state index is 5.59. The maximum absolute atomic E-state index is 5.59. The van der Waals surface area contributed by atoms with Gasteiger partial charge in [0.2, 0.25) is 3.79 Å². The van der Waals surface area contributed by atoms with Crippen LogP contribution in [-0.4, -0.2) is 15.3 Å². The first-order valence-corrected chi connectivity index (χ1v) is 5.93. The fourth-order valence-electron chi connectivity index (χ4n) is 1.07. The van der Waals surface area contributed by atoms with E-state index in [1.54, 1.807) is 0 Å². The van der Waals surface area contributed by atoms with E-state index >= 15 is 0 Å². The third-order valence-corrected chi connectivity index (χ3v) is 3.15. The molecule has 0 fully saturated rings. The van der Waals surface area contributed by atoms with E-state index in [0.29, 0.717) is 6.54 Å². The summed E-state index contributed by atoms with van der Waals surface area (Å²) in [5, 5.41) is 2.91. The Kier molecular flexibility index (Phi) is 5.13. The number of halogens is 3. The summed E-state index contributed by atoms with van der Waals surface area (Å²) in [5.74, 6) is 0. The van der Waals surface area contributed by atoms with Crippen LogP contribution in [0.2, 0.25) is 0 Å². The van der Waals surface area contributed by atoms with Gasteiger partial charge in [0.05, 0.1) is 0 Å². The molecule has 0 unspecified atom stereocenters. The number of rotatable bonds is 3. The molecule has 0 aliphatic rings. The summed E-state index contributed by atoms with van der Waals surface area (Å²) in [4.78, 5) is 0.239. The van der Waals surface area contributed by atoms with Crippen molar-refractivity contribution in [3.63, 3.8) is 0 Å². The molecule has 0 amide bonds. The molecule has 0 radical (unpaired) electrons. The van der Waals surface area contributed by atoms with Crippen LogP contribution >= 0.6 is 47.0 Å². The molecule has 1 rings (SSSR count). The fraction of sp³-hybridized carbons (Fsp3) is 0.300. The van der Waals surface area contributed by atoms with E-state index in [2.05, 4.69) is 5.32 Å². The molecular formula is C10H10Cl3NS. The highest BCUT2D eigenvalue weighted by atomic mass is 35.6. The molecule has 0 saturated carbocycles. The van der Waals surface area contributed by atoms with Crippen LogP contribution in [0.15, 0.2) is 30.3 Å². The molecule has 0 bridgehead atoms. The molecule has 1 N–H and O–H groups in total. The predicted octanol–water partition coefficient (Wildman–Crippen LogP) is 3.52. The van der Waals surface area contributed by atoms with Crippen molar-refractivity contribution in [3.05, 3.63) is 35.9 Å². The molecule has 0 atom stereocenters. The second-order valence-electron chi connectivity index (χ2n) is 2.99. The molecule has 1 aromatic rings. The summed E-state index contributed by atoms with van der Waals surface area (Å²) in [7, 11) is 0. The third kappa shape index (κ3) is 5.03. The Morgan fingerprint density at radius 2 is 1.80 bits per heavy atom. The molecule has 0 saturated heterocycles. The van der Waals surface area contributed by atoms with Gasteiger partial charge >= 0.3 is 0 Å². The molecular weight excluding hydrogens is 273 g/mol. The molecule has 5 heteroatoms. The fourth-order valence-corrected chi connectivity index (χ4v) is 1.37. The number of nitrogens with one attached hydrogen (secondary N) is 1. The second kappa shape index (κ2) is 5.90. The molecule has 0 aliphatic carbocycles. The van der Waals surface area contributed by atoms with Crippen molar-refractivity contribution in [2.24, 2.45) is 0 Å². The summed E-state index contributed by atoms with van der Waals surface area (Å²) in [6.45, 7) is 0.663. The van der Waals surface area contributed by atoms with E-state index in [0.717, 1.165) is 6.42 Å². The highest BCUT2D eigenvalue weighted by molar-refractivity contribution is 7.81. The van der Waals surface area contributed by atoms with Crippen molar-refractivity contribution < 1.29 is 0 Å². The van der Waals surface area contributed by atoms with E-state index in [1.165, 1.54) is 5.56 Å². The summed E-state index contributed by atoms with van der Waals surface area (Å²) in [6, 6.07) is 10.0. The van der Waals surface area contributed by atoms with Gasteiger partial charge in [-0.3, -0.25) is 0 Å². The Bertz CT molecular complexity index is 321. The van der Waals surface area contributed by atoms with E-state index in [4.69, 9.17) is 47.0 Å². The SMILES string of the molecule is S=C(NCCc1ccccc1)C(Cl)(Cl)Cl. The van der Waals surface area contributed by atoms with Crippen LogP contribution < -0.4 is 5.32 Å². The Labute approximate surface area is 110 Å². The number of benzene rings is 1.